The summed E-state index contributed by atoms with van der Waals surface area (Å²) < 4.78 is 29.7. The van der Waals surface area contributed by atoms with Crippen LogP contribution < -0.4 is 9.62 Å². The molecule has 0 fully saturated rings. The van der Waals surface area contributed by atoms with E-state index < -0.39 is 28.5 Å². The fourth-order valence-corrected chi connectivity index (χ4v) is 6.16. The Morgan fingerprint density at radius 1 is 0.900 bits per heavy atom. The molecule has 2 amide bonds. The molecule has 1 N–H and O–H groups in total. The number of sulfonamides is 1. The maximum absolute atomic E-state index is 14.1. The predicted molar refractivity (Wildman–Crippen MR) is 164 cm³/mol. The van der Waals surface area contributed by atoms with Gasteiger partial charge in [0.25, 0.3) is 10.0 Å². The minimum atomic E-state index is -4.11. The number of carbonyl (C=O) groups excluding carboxylic acids is 2. The van der Waals surface area contributed by atoms with E-state index in [9.17, 15) is 18.0 Å². The quantitative estimate of drug-likeness (QED) is 0.267. The minimum Gasteiger partial charge on any atom is -0.352 e. The molecule has 3 aromatic carbocycles. The van der Waals surface area contributed by atoms with Crippen molar-refractivity contribution >= 4 is 43.5 Å². The summed E-state index contributed by atoms with van der Waals surface area (Å²) >= 11 is 3.42. The summed E-state index contributed by atoms with van der Waals surface area (Å²) in [5.74, 6) is -0.725. The van der Waals surface area contributed by atoms with E-state index in [2.05, 4.69) is 21.2 Å². The molecule has 2 atom stereocenters. The van der Waals surface area contributed by atoms with Gasteiger partial charge in [0.15, 0.2) is 0 Å². The van der Waals surface area contributed by atoms with Crippen molar-refractivity contribution in [1.29, 1.82) is 0 Å². The van der Waals surface area contributed by atoms with Crippen LogP contribution in [-0.4, -0.2) is 43.8 Å². The molecule has 0 saturated heterocycles. The number of benzene rings is 3. The normalized spacial score (nSPS) is 12.8. The van der Waals surface area contributed by atoms with Gasteiger partial charge in [-0.25, -0.2) is 8.42 Å². The molecular weight excluding hydrogens is 590 g/mol. The van der Waals surface area contributed by atoms with Gasteiger partial charge >= 0.3 is 0 Å². The summed E-state index contributed by atoms with van der Waals surface area (Å²) in [6, 6.07) is 20.3. The van der Waals surface area contributed by atoms with Crippen molar-refractivity contribution in [2.24, 2.45) is 0 Å². The molecule has 0 aromatic heterocycles. The zero-order valence-corrected chi connectivity index (χ0v) is 26.1. The Kier molecular flexibility index (Phi) is 10.9. The van der Waals surface area contributed by atoms with Gasteiger partial charge in [-0.1, -0.05) is 83.4 Å². The average Bonchev–Trinajstić information content (AvgIpc) is 2.91. The molecule has 0 spiro atoms. The highest BCUT2D eigenvalue weighted by molar-refractivity contribution is 9.10. The number of amides is 2. The van der Waals surface area contributed by atoms with Crippen LogP contribution in [0.4, 0.5) is 5.69 Å². The molecule has 0 aliphatic rings. The van der Waals surface area contributed by atoms with Crippen LogP contribution in [0.5, 0.6) is 0 Å². The molecule has 40 heavy (non-hydrogen) atoms. The maximum atomic E-state index is 14.1. The predicted octanol–water partition coefficient (Wildman–Crippen LogP) is 5.98. The van der Waals surface area contributed by atoms with Crippen molar-refractivity contribution in [2.45, 2.75) is 71.0 Å². The number of carbonyl (C=O) groups is 2. The second-order valence-electron chi connectivity index (χ2n) is 10.1. The summed E-state index contributed by atoms with van der Waals surface area (Å²) in [6.45, 7) is 9.30. The molecular formula is C31H38BrN3O4S. The Labute approximate surface area is 246 Å². The zero-order valence-electron chi connectivity index (χ0n) is 23.7. The second-order valence-corrected chi connectivity index (χ2v) is 12.8. The lowest BCUT2D eigenvalue weighted by Crippen LogP contribution is -2.53. The molecule has 0 radical (unpaired) electrons. The van der Waals surface area contributed by atoms with Crippen LogP contribution in [0.25, 0.3) is 0 Å². The molecule has 0 saturated carbocycles. The summed E-state index contributed by atoms with van der Waals surface area (Å²) in [7, 11) is -4.11. The van der Waals surface area contributed by atoms with Gasteiger partial charge < -0.3 is 10.2 Å². The highest BCUT2D eigenvalue weighted by Crippen LogP contribution is 2.27. The monoisotopic (exact) mass is 627 g/mol. The number of rotatable bonds is 12. The summed E-state index contributed by atoms with van der Waals surface area (Å²) in [5.41, 5.74) is 3.15. The number of anilines is 1. The number of hydrogen-bond acceptors (Lipinski definition) is 4. The first-order valence-corrected chi connectivity index (χ1v) is 15.7. The van der Waals surface area contributed by atoms with Gasteiger partial charge in [-0.05, 0) is 69.5 Å². The first-order valence-electron chi connectivity index (χ1n) is 13.5. The van der Waals surface area contributed by atoms with Crippen LogP contribution in [0.3, 0.4) is 0 Å². The number of halogens is 1. The van der Waals surface area contributed by atoms with Crippen molar-refractivity contribution < 1.29 is 18.0 Å². The van der Waals surface area contributed by atoms with E-state index in [1.807, 2.05) is 58.9 Å². The minimum absolute atomic E-state index is 0.0578. The molecule has 0 heterocycles. The SMILES string of the molecule is CC[C@H](C(=O)N[C@@H](C)CC)N(Cc1cccc(C)c1)C(=O)CN(c1cccc(Br)c1)S(=O)(=O)c1ccc(C)cc1. The topological polar surface area (TPSA) is 86.8 Å². The molecule has 214 valence electrons. The summed E-state index contributed by atoms with van der Waals surface area (Å²) in [4.78, 5) is 29.1. The number of aryl methyl sites for hydroxylation is 2. The van der Waals surface area contributed by atoms with E-state index in [1.54, 1.807) is 48.5 Å². The third-order valence-corrected chi connectivity index (χ3v) is 9.09. The molecule has 0 aliphatic heterocycles. The lowest BCUT2D eigenvalue weighted by Gasteiger charge is -2.33. The van der Waals surface area contributed by atoms with Gasteiger partial charge in [-0.3, -0.25) is 13.9 Å². The first kappa shape index (κ1) is 31.4. The molecule has 7 nitrogen and oxygen atoms in total. The Hall–Kier alpha value is -3.17. The zero-order chi connectivity index (χ0) is 29.4. The van der Waals surface area contributed by atoms with Crippen LogP contribution in [0.15, 0.2) is 82.2 Å². The average molecular weight is 629 g/mol. The van der Waals surface area contributed by atoms with Gasteiger partial charge in [0.1, 0.15) is 12.6 Å². The van der Waals surface area contributed by atoms with Crippen molar-refractivity contribution in [3.63, 3.8) is 0 Å². The third-order valence-electron chi connectivity index (χ3n) is 6.81. The van der Waals surface area contributed by atoms with Crippen molar-refractivity contribution in [1.82, 2.24) is 10.2 Å². The van der Waals surface area contributed by atoms with Crippen LogP contribution >= 0.6 is 15.9 Å². The highest BCUT2D eigenvalue weighted by atomic mass is 79.9. The van der Waals surface area contributed by atoms with E-state index in [0.717, 1.165) is 27.4 Å². The molecule has 9 heteroatoms. The Balaban J connectivity index is 2.06. The molecule has 3 aromatic rings. The smallest absolute Gasteiger partial charge is 0.264 e. The molecule has 0 aliphatic carbocycles. The number of nitrogens with zero attached hydrogens (tertiary/aromatic N) is 2. The standard InChI is InChI=1S/C31H38BrN3O4S/c1-6-24(5)33-31(37)29(7-2)34(20-25-11-8-10-23(4)18-25)30(36)21-35(27-13-9-12-26(32)19-27)40(38,39)28-16-14-22(3)15-17-28/h8-19,24,29H,6-7,20-21H2,1-5H3,(H,33,37)/t24-,29+/m0/s1. The molecule has 3 rings (SSSR count). The van der Waals surface area contributed by atoms with E-state index in [0.29, 0.717) is 16.6 Å². The lowest BCUT2D eigenvalue weighted by atomic mass is 10.1. The van der Waals surface area contributed by atoms with Crippen LogP contribution in [0.1, 0.15) is 50.3 Å². The lowest BCUT2D eigenvalue weighted by molar-refractivity contribution is -0.140. The fourth-order valence-electron chi connectivity index (χ4n) is 4.37. The van der Waals surface area contributed by atoms with E-state index in [4.69, 9.17) is 0 Å². The van der Waals surface area contributed by atoms with Crippen LogP contribution in [-0.2, 0) is 26.2 Å². The highest BCUT2D eigenvalue weighted by Gasteiger charge is 2.34. The Morgan fingerprint density at radius 3 is 2.17 bits per heavy atom. The van der Waals surface area contributed by atoms with Gasteiger partial charge in [-0.2, -0.15) is 0 Å². The van der Waals surface area contributed by atoms with Gasteiger partial charge in [-0.15, -0.1) is 0 Å². The van der Waals surface area contributed by atoms with Crippen molar-refractivity contribution in [2.75, 3.05) is 10.8 Å². The van der Waals surface area contributed by atoms with E-state index in [-0.39, 0.29) is 23.4 Å². The van der Waals surface area contributed by atoms with Gasteiger partial charge in [0.2, 0.25) is 11.8 Å². The largest absolute Gasteiger partial charge is 0.352 e. The van der Waals surface area contributed by atoms with Gasteiger partial charge in [0.05, 0.1) is 10.6 Å². The third kappa shape index (κ3) is 7.95. The van der Waals surface area contributed by atoms with Gasteiger partial charge in [0, 0.05) is 17.1 Å². The van der Waals surface area contributed by atoms with Crippen molar-refractivity contribution in [3.05, 3.63) is 94.0 Å². The second kappa shape index (κ2) is 13.9. The van der Waals surface area contributed by atoms with Crippen LogP contribution in [0.2, 0.25) is 0 Å². The molecule has 0 bridgehead atoms. The summed E-state index contributed by atoms with van der Waals surface area (Å²) in [6.07, 6.45) is 1.13. The van der Waals surface area contributed by atoms with Crippen LogP contribution in [0, 0.1) is 13.8 Å². The number of nitrogens with one attached hydrogen (secondary N) is 1. The first-order chi connectivity index (χ1) is 19.0. The maximum Gasteiger partial charge on any atom is 0.264 e. The van der Waals surface area contributed by atoms with E-state index >= 15 is 0 Å². The van der Waals surface area contributed by atoms with E-state index in [1.165, 1.54) is 4.90 Å². The van der Waals surface area contributed by atoms with Crippen molar-refractivity contribution in [3.8, 4) is 0 Å². The Bertz CT molecular complexity index is 1430. The number of hydrogen-bond donors (Lipinski definition) is 1. The fraction of sp³-hybridized carbons (Fsp3) is 0.355. The Morgan fingerprint density at radius 2 is 1.57 bits per heavy atom. The molecule has 0 unspecified atom stereocenters. The summed E-state index contributed by atoms with van der Waals surface area (Å²) in [5, 5.41) is 3.00.